The third-order valence-electron chi connectivity index (χ3n) is 5.68. The summed E-state index contributed by atoms with van der Waals surface area (Å²) in [6.45, 7) is 0. The fourth-order valence-electron chi connectivity index (χ4n) is 4.25. The highest BCUT2D eigenvalue weighted by atomic mass is 79.9. The molecular formula is C23H18BrN7. The zero-order valence-corrected chi connectivity index (χ0v) is 18.5. The molecule has 0 unspecified atom stereocenters. The van der Waals surface area contributed by atoms with E-state index in [-0.39, 0.29) is 0 Å². The van der Waals surface area contributed by atoms with Gasteiger partial charge in [0.25, 0.3) is 0 Å². The molecule has 7 nitrogen and oxygen atoms in total. The number of nitrogens with two attached hydrogens (primary N) is 1. The van der Waals surface area contributed by atoms with Crippen LogP contribution < -0.4 is 5.73 Å². The van der Waals surface area contributed by atoms with Crippen LogP contribution in [0.2, 0.25) is 0 Å². The molecule has 2 N–H and O–H groups in total. The largest absolute Gasteiger partial charge is 0.384 e. The van der Waals surface area contributed by atoms with Crippen molar-refractivity contribution in [2.45, 2.75) is 0 Å². The molecule has 0 spiro atoms. The number of benzene rings is 1. The van der Waals surface area contributed by atoms with Crippen LogP contribution in [0.1, 0.15) is 0 Å². The lowest BCUT2D eigenvalue weighted by molar-refractivity contribution is 0.944. The van der Waals surface area contributed by atoms with Crippen LogP contribution in [0.25, 0.3) is 50.1 Å². The summed E-state index contributed by atoms with van der Waals surface area (Å²) in [5.74, 6) is 0.534. The highest BCUT2D eigenvalue weighted by Crippen LogP contribution is 2.33. The lowest BCUT2D eigenvalue weighted by Gasteiger charge is -2.03. The average molecular weight is 472 g/mol. The number of hydrogen-bond donors (Lipinski definition) is 1. The molecule has 5 aromatic heterocycles. The molecular weight excluding hydrogens is 454 g/mol. The van der Waals surface area contributed by atoms with Crippen LogP contribution in [0, 0.1) is 0 Å². The minimum Gasteiger partial charge on any atom is -0.384 e. The zero-order chi connectivity index (χ0) is 21.3. The van der Waals surface area contributed by atoms with E-state index in [2.05, 4.69) is 49.9 Å². The third kappa shape index (κ3) is 2.68. The maximum Gasteiger partial charge on any atom is 0.158 e. The minimum absolute atomic E-state index is 0.534. The van der Waals surface area contributed by atoms with Gasteiger partial charge in [0, 0.05) is 76.7 Å². The van der Waals surface area contributed by atoms with Crippen LogP contribution in [-0.2, 0) is 14.1 Å². The van der Waals surface area contributed by atoms with Gasteiger partial charge in [0.15, 0.2) is 5.65 Å². The van der Waals surface area contributed by atoms with Crippen molar-refractivity contribution in [3.63, 3.8) is 0 Å². The van der Waals surface area contributed by atoms with Crippen LogP contribution in [0.15, 0.2) is 65.5 Å². The van der Waals surface area contributed by atoms with Crippen molar-refractivity contribution in [3.8, 4) is 22.5 Å². The summed E-state index contributed by atoms with van der Waals surface area (Å²) in [6, 6.07) is 14.2. The first-order chi connectivity index (χ1) is 15.0. The number of rotatable bonds is 2. The molecule has 0 aliphatic carbocycles. The van der Waals surface area contributed by atoms with Crippen molar-refractivity contribution in [1.29, 1.82) is 0 Å². The van der Waals surface area contributed by atoms with Gasteiger partial charge >= 0.3 is 0 Å². The summed E-state index contributed by atoms with van der Waals surface area (Å²) >= 11 is 3.52. The smallest absolute Gasteiger partial charge is 0.158 e. The van der Waals surface area contributed by atoms with E-state index in [1.165, 1.54) is 0 Å². The molecule has 0 radical (unpaired) electrons. The first-order valence-electron chi connectivity index (χ1n) is 9.81. The Balaban J connectivity index is 1.56. The van der Waals surface area contributed by atoms with E-state index >= 15 is 0 Å². The van der Waals surface area contributed by atoms with Crippen molar-refractivity contribution in [2.24, 2.45) is 14.1 Å². The molecule has 5 heterocycles. The first kappa shape index (κ1) is 18.1. The number of para-hydroxylation sites is 1. The molecule has 6 aromatic rings. The van der Waals surface area contributed by atoms with Gasteiger partial charge in [0.1, 0.15) is 11.5 Å². The van der Waals surface area contributed by atoms with Crippen LogP contribution in [0.5, 0.6) is 0 Å². The summed E-state index contributed by atoms with van der Waals surface area (Å²) in [5, 5.41) is 6.92. The van der Waals surface area contributed by atoms with Crippen molar-refractivity contribution in [2.75, 3.05) is 5.73 Å². The molecule has 0 saturated heterocycles. The number of fused-ring (bicyclic) bond motifs is 3. The van der Waals surface area contributed by atoms with Crippen molar-refractivity contribution in [1.82, 2.24) is 28.7 Å². The second-order valence-electron chi connectivity index (χ2n) is 7.72. The number of aryl methyl sites for hydroxylation is 2. The van der Waals surface area contributed by atoms with E-state index in [0.717, 1.165) is 48.9 Å². The highest BCUT2D eigenvalue weighted by molar-refractivity contribution is 9.10. The molecule has 0 fully saturated rings. The molecule has 0 aliphatic rings. The van der Waals surface area contributed by atoms with Gasteiger partial charge in [-0.25, -0.2) is 9.97 Å². The molecule has 152 valence electrons. The maximum absolute atomic E-state index is 6.41. The number of anilines is 1. The van der Waals surface area contributed by atoms with E-state index < -0.39 is 0 Å². The second kappa shape index (κ2) is 6.42. The number of halogens is 1. The Morgan fingerprint density at radius 1 is 0.903 bits per heavy atom. The fourth-order valence-corrected chi connectivity index (χ4v) is 4.58. The van der Waals surface area contributed by atoms with Crippen LogP contribution in [0.3, 0.4) is 0 Å². The topological polar surface area (TPSA) is 79.0 Å². The summed E-state index contributed by atoms with van der Waals surface area (Å²) < 4.78 is 6.72. The molecule has 0 bridgehead atoms. The van der Waals surface area contributed by atoms with Gasteiger partial charge in [0.2, 0.25) is 0 Å². The lowest BCUT2D eigenvalue weighted by atomic mass is 10.1. The molecule has 1 aromatic carbocycles. The Kier molecular flexibility index (Phi) is 3.76. The zero-order valence-electron chi connectivity index (χ0n) is 16.9. The molecule has 0 saturated carbocycles. The van der Waals surface area contributed by atoms with Crippen LogP contribution in [-0.4, -0.2) is 28.7 Å². The van der Waals surface area contributed by atoms with Gasteiger partial charge in [0.05, 0.1) is 11.4 Å². The standard InChI is InChI=1S/C23H18BrN7/c1-29-11-16(14-5-3-4-6-20(14)29)19-9-22-27-18(8-21(25)31(22)28-19)17-12-30(2)23-15(17)7-13(24)10-26-23/h3-12H,25H2,1-2H3. The first-order valence-corrected chi connectivity index (χ1v) is 10.6. The van der Waals surface area contributed by atoms with Gasteiger partial charge in [-0.15, -0.1) is 0 Å². The Bertz CT molecular complexity index is 1640. The van der Waals surface area contributed by atoms with Gasteiger partial charge in [-0.2, -0.15) is 9.61 Å². The van der Waals surface area contributed by atoms with E-state index in [9.17, 15) is 0 Å². The van der Waals surface area contributed by atoms with Crippen LogP contribution >= 0.6 is 15.9 Å². The average Bonchev–Trinajstić information content (AvgIpc) is 3.42. The number of hydrogen-bond acceptors (Lipinski definition) is 4. The van der Waals surface area contributed by atoms with E-state index in [4.69, 9.17) is 15.8 Å². The normalized spacial score (nSPS) is 11.8. The van der Waals surface area contributed by atoms with Gasteiger partial charge in [-0.1, -0.05) is 18.2 Å². The van der Waals surface area contributed by atoms with Crippen LogP contribution in [0.4, 0.5) is 5.82 Å². The third-order valence-corrected chi connectivity index (χ3v) is 6.12. The Morgan fingerprint density at radius 2 is 1.68 bits per heavy atom. The molecule has 0 aliphatic heterocycles. The van der Waals surface area contributed by atoms with Crippen molar-refractivity contribution < 1.29 is 0 Å². The highest BCUT2D eigenvalue weighted by Gasteiger charge is 2.17. The molecule has 0 amide bonds. The summed E-state index contributed by atoms with van der Waals surface area (Å²) in [6.07, 6.45) is 5.92. The quantitative estimate of drug-likeness (QED) is 0.393. The van der Waals surface area contributed by atoms with Gasteiger partial charge in [-0.3, -0.25) is 0 Å². The molecule has 0 atom stereocenters. The number of pyridine rings is 1. The van der Waals surface area contributed by atoms with E-state index in [0.29, 0.717) is 11.5 Å². The van der Waals surface area contributed by atoms with E-state index in [1.807, 2.05) is 49.1 Å². The fraction of sp³-hybridized carbons (Fsp3) is 0.0870. The Labute approximate surface area is 185 Å². The van der Waals surface area contributed by atoms with Crippen molar-refractivity contribution in [3.05, 3.63) is 65.5 Å². The van der Waals surface area contributed by atoms with E-state index in [1.54, 1.807) is 10.7 Å². The minimum atomic E-state index is 0.534. The van der Waals surface area contributed by atoms with Gasteiger partial charge < -0.3 is 14.9 Å². The SMILES string of the molecule is Cn1cc(-c2cc3nc(-c4cn(C)c5ncc(Br)cc45)cc(N)n3n2)c2ccccc21. The van der Waals surface area contributed by atoms with Crippen molar-refractivity contribution >= 4 is 49.3 Å². The summed E-state index contributed by atoms with van der Waals surface area (Å²) in [4.78, 5) is 9.41. The number of aromatic nitrogens is 6. The maximum atomic E-state index is 6.41. The predicted octanol–water partition coefficient (Wildman–Crippen LogP) is 4.79. The lowest BCUT2D eigenvalue weighted by Crippen LogP contribution is -2.01. The second-order valence-corrected chi connectivity index (χ2v) is 8.63. The predicted molar refractivity (Wildman–Crippen MR) is 127 cm³/mol. The molecule has 6 rings (SSSR count). The summed E-state index contributed by atoms with van der Waals surface area (Å²) in [7, 11) is 4.02. The number of nitrogens with zero attached hydrogens (tertiary/aromatic N) is 6. The monoisotopic (exact) mass is 471 g/mol. The van der Waals surface area contributed by atoms with Gasteiger partial charge in [-0.05, 0) is 28.1 Å². The molecule has 31 heavy (non-hydrogen) atoms. The Hall–Kier alpha value is -3.65. The summed E-state index contributed by atoms with van der Waals surface area (Å²) in [5.41, 5.74) is 12.8. The molecule has 8 heteroatoms. The Morgan fingerprint density at radius 3 is 2.55 bits per heavy atom. The number of nitrogen functional groups attached to an aromatic ring is 1.